The number of sulfonamides is 1. The zero-order valence-electron chi connectivity index (χ0n) is 27.6. The van der Waals surface area contributed by atoms with Crippen LogP contribution in [0.5, 0.6) is 5.75 Å². The minimum Gasteiger partial charge on any atom is -0.487 e. The molecule has 2 N–H and O–H groups in total. The van der Waals surface area contributed by atoms with Crippen molar-refractivity contribution < 1.29 is 23.1 Å². The summed E-state index contributed by atoms with van der Waals surface area (Å²) in [6, 6.07) is 11.1. The highest BCUT2D eigenvalue weighted by Gasteiger charge is 2.47. The SMILES string of the molecule is C[C@@H]1[C@@H](C)CCC[C@@](O)(Cc2nccn2C)[C@@H]2CC[C@H]2CN2CCCCc3cc(Cl)ccc3COc3ccc(cc32)C(=O)NS1(=O)=O. The number of aliphatic hydroxyl groups is 1. The molecule has 11 heteroatoms. The lowest BCUT2D eigenvalue weighted by Gasteiger charge is -2.49. The van der Waals surface area contributed by atoms with Crippen LogP contribution in [0.3, 0.4) is 0 Å². The van der Waals surface area contributed by atoms with Gasteiger partial charge >= 0.3 is 0 Å². The van der Waals surface area contributed by atoms with Gasteiger partial charge in [-0.25, -0.2) is 18.1 Å². The molecule has 2 bridgehead atoms. The fraction of sp³-hybridized carbons (Fsp3) is 0.556. The zero-order valence-corrected chi connectivity index (χ0v) is 29.2. The molecular formula is C36H47ClN4O5S. The summed E-state index contributed by atoms with van der Waals surface area (Å²) in [5.41, 5.74) is 2.29. The number of halogens is 1. The number of aryl methyl sites for hydroxylation is 2. The van der Waals surface area contributed by atoms with Crippen molar-refractivity contribution >= 4 is 33.2 Å². The number of nitrogens with one attached hydrogen (secondary N) is 1. The van der Waals surface area contributed by atoms with E-state index in [9.17, 15) is 18.3 Å². The molecule has 2 aliphatic heterocycles. The van der Waals surface area contributed by atoms with Crippen LogP contribution in [0.1, 0.15) is 86.1 Å². The van der Waals surface area contributed by atoms with E-state index in [0.717, 1.165) is 55.7 Å². The molecule has 9 nitrogen and oxygen atoms in total. The van der Waals surface area contributed by atoms with Gasteiger partial charge in [-0.3, -0.25) is 4.79 Å². The Morgan fingerprint density at radius 1 is 1.09 bits per heavy atom. The normalized spacial score (nSPS) is 28.4. The van der Waals surface area contributed by atoms with Crippen molar-refractivity contribution in [2.24, 2.45) is 24.8 Å². The van der Waals surface area contributed by atoms with Gasteiger partial charge in [0, 0.05) is 49.5 Å². The summed E-state index contributed by atoms with van der Waals surface area (Å²) >= 11 is 6.35. The number of ether oxygens (including phenoxy) is 1. The third kappa shape index (κ3) is 7.34. The molecule has 3 heterocycles. The Hall–Kier alpha value is -3.08. The minimum absolute atomic E-state index is 0.0593. The van der Waals surface area contributed by atoms with E-state index in [-0.39, 0.29) is 23.3 Å². The van der Waals surface area contributed by atoms with Crippen molar-refractivity contribution in [1.29, 1.82) is 0 Å². The lowest BCUT2D eigenvalue weighted by Crippen LogP contribution is -2.52. The Labute approximate surface area is 283 Å². The van der Waals surface area contributed by atoms with Crippen LogP contribution in [0.2, 0.25) is 5.02 Å². The number of aromatic nitrogens is 2. The molecule has 3 aromatic rings. The van der Waals surface area contributed by atoms with E-state index in [1.54, 1.807) is 31.3 Å². The van der Waals surface area contributed by atoms with Crippen molar-refractivity contribution in [3.8, 4) is 5.75 Å². The number of imidazole rings is 1. The van der Waals surface area contributed by atoms with Crippen LogP contribution < -0.4 is 14.4 Å². The van der Waals surface area contributed by atoms with Crippen LogP contribution in [-0.4, -0.2) is 52.9 Å². The van der Waals surface area contributed by atoms with E-state index < -0.39 is 26.8 Å². The molecule has 1 aliphatic carbocycles. The number of benzene rings is 2. The van der Waals surface area contributed by atoms with Gasteiger partial charge in [-0.2, -0.15) is 0 Å². The average molecular weight is 683 g/mol. The number of carbonyl (C=O) groups is 1. The Balaban J connectivity index is 1.40. The smallest absolute Gasteiger partial charge is 0.264 e. The van der Waals surface area contributed by atoms with E-state index >= 15 is 0 Å². The van der Waals surface area contributed by atoms with Gasteiger partial charge in [0.1, 0.15) is 18.2 Å². The number of nitrogens with zero attached hydrogens (tertiary/aromatic N) is 3. The number of fused-ring (bicyclic) bond motifs is 3. The lowest BCUT2D eigenvalue weighted by atomic mass is 9.62. The molecule has 2 aromatic carbocycles. The second kappa shape index (κ2) is 13.8. The number of rotatable bonds is 2. The molecule has 0 spiro atoms. The molecule has 0 saturated heterocycles. The van der Waals surface area contributed by atoms with E-state index in [2.05, 4.69) is 14.6 Å². The number of hydrogen-bond acceptors (Lipinski definition) is 7. The van der Waals surface area contributed by atoms with Crippen molar-refractivity contribution in [3.63, 3.8) is 0 Å². The molecule has 1 fully saturated rings. The first kappa shape index (κ1) is 33.8. The van der Waals surface area contributed by atoms with E-state index in [4.69, 9.17) is 16.3 Å². The fourth-order valence-corrected chi connectivity index (χ4v) is 9.16. The Morgan fingerprint density at radius 2 is 1.91 bits per heavy atom. The summed E-state index contributed by atoms with van der Waals surface area (Å²) in [5, 5.41) is 12.4. The fourth-order valence-electron chi connectivity index (χ4n) is 7.65. The zero-order chi connectivity index (χ0) is 33.3. The van der Waals surface area contributed by atoms with Crippen LogP contribution >= 0.6 is 11.6 Å². The molecule has 1 aromatic heterocycles. The maximum absolute atomic E-state index is 13.5. The van der Waals surface area contributed by atoms with Gasteiger partial charge in [0.15, 0.2) is 0 Å². The molecule has 254 valence electrons. The maximum atomic E-state index is 13.5. The molecular weight excluding hydrogens is 636 g/mol. The highest BCUT2D eigenvalue weighted by Crippen LogP contribution is 2.47. The Kier molecular flexibility index (Phi) is 9.93. The summed E-state index contributed by atoms with van der Waals surface area (Å²) in [5.74, 6) is 0.920. The minimum atomic E-state index is -3.95. The first-order valence-electron chi connectivity index (χ1n) is 17.0. The molecule has 6 rings (SSSR count). The second-order valence-corrected chi connectivity index (χ2v) is 16.5. The summed E-state index contributed by atoms with van der Waals surface area (Å²) in [6.07, 6.45) is 10.6. The molecule has 1 amide bonds. The average Bonchev–Trinajstić information content (AvgIpc) is 3.40. The molecule has 1 saturated carbocycles. The van der Waals surface area contributed by atoms with Crippen molar-refractivity contribution in [2.45, 2.75) is 89.1 Å². The van der Waals surface area contributed by atoms with Gasteiger partial charge in [-0.15, -0.1) is 0 Å². The van der Waals surface area contributed by atoms with Crippen LogP contribution in [-0.2, 0) is 36.5 Å². The number of hydrogen-bond donors (Lipinski definition) is 2. The molecule has 5 atom stereocenters. The summed E-state index contributed by atoms with van der Waals surface area (Å²) < 4.78 is 37.6. The van der Waals surface area contributed by atoms with Gasteiger partial charge in [-0.1, -0.05) is 31.0 Å². The third-order valence-corrected chi connectivity index (χ3v) is 13.1. The van der Waals surface area contributed by atoms with Crippen LogP contribution in [0.25, 0.3) is 0 Å². The molecule has 3 aliphatic rings. The third-order valence-electron chi connectivity index (χ3n) is 11.0. The molecule has 47 heavy (non-hydrogen) atoms. The largest absolute Gasteiger partial charge is 0.487 e. The van der Waals surface area contributed by atoms with Gasteiger partial charge in [0.05, 0.1) is 16.5 Å². The first-order valence-corrected chi connectivity index (χ1v) is 18.9. The number of amides is 1. The number of carbonyl (C=O) groups excluding carboxylic acids is 1. The predicted molar refractivity (Wildman–Crippen MR) is 184 cm³/mol. The first-order chi connectivity index (χ1) is 22.4. The van der Waals surface area contributed by atoms with E-state index in [1.165, 1.54) is 5.56 Å². The standard InChI is InChI=1S/C36H47ClN4O5S/c1-24-7-6-15-36(43,21-34-38-16-18-40(34)3)31-13-10-28(31)22-41-17-5-4-8-26-19-30(37)12-9-29(26)23-46-33-14-11-27(20-32(33)41)35(42)39-47(44,45)25(24)2/h9,11-12,14,16,18-20,24-25,28,31,43H,4-8,10,13,15,17,21-23H2,1-3H3,(H,39,42)/t24-,25+,28-,31+,36+/m0/s1. The van der Waals surface area contributed by atoms with E-state index in [1.807, 2.05) is 42.9 Å². The Bertz CT molecular complexity index is 1710. The summed E-state index contributed by atoms with van der Waals surface area (Å²) in [6.45, 7) is 5.33. The van der Waals surface area contributed by atoms with Crippen molar-refractivity contribution in [2.75, 3.05) is 18.0 Å². The van der Waals surface area contributed by atoms with E-state index in [0.29, 0.717) is 49.6 Å². The van der Waals surface area contributed by atoms with Crippen molar-refractivity contribution in [1.82, 2.24) is 14.3 Å². The second-order valence-electron chi connectivity index (χ2n) is 14.0. The summed E-state index contributed by atoms with van der Waals surface area (Å²) in [7, 11) is -1.99. The highest BCUT2D eigenvalue weighted by molar-refractivity contribution is 7.90. The molecule has 0 radical (unpaired) electrons. The van der Waals surface area contributed by atoms with Crippen LogP contribution in [0, 0.1) is 17.8 Å². The van der Waals surface area contributed by atoms with Gasteiger partial charge in [0.2, 0.25) is 10.0 Å². The maximum Gasteiger partial charge on any atom is 0.264 e. The number of anilines is 1. The van der Waals surface area contributed by atoms with Gasteiger partial charge in [-0.05, 0) is 111 Å². The molecule has 0 unspecified atom stereocenters. The summed E-state index contributed by atoms with van der Waals surface area (Å²) in [4.78, 5) is 20.3. The van der Waals surface area contributed by atoms with Crippen molar-refractivity contribution in [3.05, 3.63) is 76.3 Å². The lowest BCUT2D eigenvalue weighted by molar-refractivity contribution is -0.0894. The van der Waals surface area contributed by atoms with Gasteiger partial charge < -0.3 is 19.3 Å². The van der Waals surface area contributed by atoms with Crippen LogP contribution in [0.15, 0.2) is 48.8 Å². The Morgan fingerprint density at radius 3 is 2.66 bits per heavy atom. The predicted octanol–water partition coefficient (Wildman–Crippen LogP) is 6.06. The quantitative estimate of drug-likeness (QED) is 0.338. The monoisotopic (exact) mass is 682 g/mol. The van der Waals surface area contributed by atoms with Crippen LogP contribution in [0.4, 0.5) is 5.69 Å². The highest BCUT2D eigenvalue weighted by atomic mass is 35.5. The van der Waals surface area contributed by atoms with Gasteiger partial charge in [0.25, 0.3) is 5.91 Å². The topological polar surface area (TPSA) is 114 Å².